The van der Waals surface area contributed by atoms with Gasteiger partial charge in [0.1, 0.15) is 5.78 Å². The quantitative estimate of drug-likeness (QED) is 0.531. The second-order valence-corrected chi connectivity index (χ2v) is 4.41. The molecule has 0 aromatic rings. The first-order valence-corrected chi connectivity index (χ1v) is 5.11. The Bertz CT molecular complexity index is 155. The van der Waals surface area contributed by atoms with Crippen LogP contribution >= 0.6 is 11.8 Å². The van der Waals surface area contributed by atoms with Crippen molar-refractivity contribution < 1.29 is 4.79 Å². The Balaban J connectivity index is 2.03. The Hall–Kier alpha value is 0.0200. The van der Waals surface area contributed by atoms with Crippen LogP contribution in [0.3, 0.4) is 0 Å². The zero-order valence-corrected chi connectivity index (χ0v) is 6.82. The van der Waals surface area contributed by atoms with Crippen LogP contribution in [0.5, 0.6) is 0 Å². The van der Waals surface area contributed by atoms with E-state index in [1.807, 2.05) is 11.8 Å². The van der Waals surface area contributed by atoms with Crippen LogP contribution in [0.2, 0.25) is 0 Å². The first-order valence-electron chi connectivity index (χ1n) is 3.95. The topological polar surface area (TPSA) is 17.1 Å². The van der Waals surface area contributed by atoms with Gasteiger partial charge in [0, 0.05) is 12.8 Å². The molecule has 0 spiro atoms. The smallest absolute Gasteiger partial charge is 0.133 e. The number of carbonyl (C=O) groups is 1. The molecule has 2 unspecified atom stereocenters. The predicted octanol–water partition coefficient (Wildman–Crippen LogP) is 1.72. The Labute approximate surface area is 65.6 Å². The van der Waals surface area contributed by atoms with Crippen molar-refractivity contribution in [2.45, 2.75) is 19.3 Å². The minimum absolute atomic E-state index is 0.503. The molecular weight excluding hydrogens is 144 g/mol. The van der Waals surface area contributed by atoms with Gasteiger partial charge in [-0.2, -0.15) is 11.8 Å². The van der Waals surface area contributed by atoms with E-state index in [9.17, 15) is 4.79 Å². The number of Topliss-reactive ketones (excluding diaryl/α,β-unsaturated/α-hetero) is 1. The fraction of sp³-hybridized carbons (Fsp3) is 0.875. The van der Waals surface area contributed by atoms with Gasteiger partial charge in [0.2, 0.25) is 0 Å². The molecule has 0 radical (unpaired) electrons. The summed E-state index contributed by atoms with van der Waals surface area (Å²) in [5, 5.41) is 0. The number of fused-ring (bicyclic) bond motifs is 1. The summed E-state index contributed by atoms with van der Waals surface area (Å²) >= 11 is 2.03. The zero-order chi connectivity index (χ0) is 6.97. The minimum atomic E-state index is 0.503. The lowest BCUT2D eigenvalue weighted by atomic mass is 9.81. The second kappa shape index (κ2) is 2.57. The van der Waals surface area contributed by atoms with Crippen molar-refractivity contribution in [3.05, 3.63) is 0 Å². The Kier molecular flexibility index (Phi) is 1.73. The van der Waals surface area contributed by atoms with Crippen LogP contribution < -0.4 is 0 Å². The standard InChI is InChI=1S/C8H12OS/c9-8-2-1-6-4-10-5-7(6)3-8/h6-7H,1-5H2. The highest BCUT2D eigenvalue weighted by Crippen LogP contribution is 2.38. The van der Waals surface area contributed by atoms with Gasteiger partial charge in [0.15, 0.2) is 0 Å². The van der Waals surface area contributed by atoms with Gasteiger partial charge in [0.25, 0.3) is 0 Å². The van der Waals surface area contributed by atoms with Gasteiger partial charge < -0.3 is 0 Å². The van der Waals surface area contributed by atoms with Crippen LogP contribution in [-0.4, -0.2) is 17.3 Å². The maximum absolute atomic E-state index is 11.0. The van der Waals surface area contributed by atoms with E-state index in [0.717, 1.165) is 24.7 Å². The van der Waals surface area contributed by atoms with Gasteiger partial charge in [-0.3, -0.25) is 4.79 Å². The molecule has 56 valence electrons. The van der Waals surface area contributed by atoms with Gasteiger partial charge in [-0.25, -0.2) is 0 Å². The lowest BCUT2D eigenvalue weighted by Crippen LogP contribution is -2.23. The molecular formula is C8H12OS. The van der Waals surface area contributed by atoms with Gasteiger partial charge in [-0.1, -0.05) is 0 Å². The van der Waals surface area contributed by atoms with E-state index in [1.54, 1.807) is 0 Å². The van der Waals surface area contributed by atoms with Gasteiger partial charge in [0.05, 0.1) is 0 Å². The second-order valence-electron chi connectivity index (χ2n) is 3.34. The number of carbonyl (C=O) groups excluding carboxylic acids is 1. The van der Waals surface area contributed by atoms with Crippen LogP contribution in [0.1, 0.15) is 19.3 Å². The summed E-state index contributed by atoms with van der Waals surface area (Å²) in [6.07, 6.45) is 2.93. The fourth-order valence-corrected chi connectivity index (χ4v) is 3.50. The van der Waals surface area contributed by atoms with Crippen LogP contribution in [0.15, 0.2) is 0 Å². The number of ketones is 1. The van der Waals surface area contributed by atoms with Crippen molar-refractivity contribution in [3.8, 4) is 0 Å². The Morgan fingerprint density at radius 2 is 2.10 bits per heavy atom. The molecule has 2 heteroatoms. The molecule has 1 saturated carbocycles. The summed E-state index contributed by atoms with van der Waals surface area (Å²) in [6, 6.07) is 0. The highest BCUT2D eigenvalue weighted by atomic mass is 32.2. The van der Waals surface area contributed by atoms with E-state index in [0.29, 0.717) is 5.78 Å². The molecule has 1 nitrogen and oxygen atoms in total. The van der Waals surface area contributed by atoms with E-state index >= 15 is 0 Å². The molecule has 0 aromatic heterocycles. The summed E-state index contributed by atoms with van der Waals surface area (Å²) < 4.78 is 0. The molecule has 2 fully saturated rings. The van der Waals surface area contributed by atoms with Crippen molar-refractivity contribution in [1.29, 1.82) is 0 Å². The molecule has 1 saturated heterocycles. The molecule has 2 atom stereocenters. The van der Waals surface area contributed by atoms with Crippen molar-refractivity contribution in [2.75, 3.05) is 11.5 Å². The average Bonchev–Trinajstić information content (AvgIpc) is 2.33. The highest BCUT2D eigenvalue weighted by molar-refractivity contribution is 7.99. The number of hydrogen-bond donors (Lipinski definition) is 0. The number of rotatable bonds is 0. The SMILES string of the molecule is O=C1CCC2CSCC2C1. The first-order chi connectivity index (χ1) is 4.86. The van der Waals surface area contributed by atoms with Crippen molar-refractivity contribution >= 4 is 17.5 Å². The predicted molar refractivity (Wildman–Crippen MR) is 43.2 cm³/mol. The number of thioether (sulfide) groups is 1. The van der Waals surface area contributed by atoms with Crippen molar-refractivity contribution in [2.24, 2.45) is 11.8 Å². The third-order valence-electron chi connectivity index (χ3n) is 2.61. The summed E-state index contributed by atoms with van der Waals surface area (Å²) in [7, 11) is 0. The molecule has 0 aromatic carbocycles. The van der Waals surface area contributed by atoms with E-state index in [2.05, 4.69) is 0 Å². The average molecular weight is 156 g/mol. The van der Waals surface area contributed by atoms with Crippen molar-refractivity contribution in [1.82, 2.24) is 0 Å². The molecule has 1 aliphatic carbocycles. The highest BCUT2D eigenvalue weighted by Gasteiger charge is 2.33. The third kappa shape index (κ3) is 1.09. The van der Waals surface area contributed by atoms with Crippen LogP contribution in [-0.2, 0) is 4.79 Å². The molecule has 0 bridgehead atoms. The van der Waals surface area contributed by atoms with E-state index in [1.165, 1.54) is 17.9 Å². The Morgan fingerprint density at radius 3 is 3.00 bits per heavy atom. The zero-order valence-electron chi connectivity index (χ0n) is 6.01. The van der Waals surface area contributed by atoms with Gasteiger partial charge >= 0.3 is 0 Å². The van der Waals surface area contributed by atoms with Gasteiger partial charge in [-0.05, 0) is 29.8 Å². The Morgan fingerprint density at radius 1 is 1.30 bits per heavy atom. The van der Waals surface area contributed by atoms with Crippen LogP contribution in [0.4, 0.5) is 0 Å². The molecule has 0 amide bonds. The van der Waals surface area contributed by atoms with Crippen LogP contribution in [0.25, 0.3) is 0 Å². The lowest BCUT2D eigenvalue weighted by Gasteiger charge is -2.22. The summed E-state index contributed by atoms with van der Waals surface area (Å²) in [5.74, 6) is 4.71. The molecule has 1 heterocycles. The monoisotopic (exact) mass is 156 g/mol. The number of hydrogen-bond acceptors (Lipinski definition) is 2. The molecule has 2 rings (SSSR count). The van der Waals surface area contributed by atoms with E-state index in [-0.39, 0.29) is 0 Å². The summed E-state index contributed by atoms with van der Waals surface area (Å²) in [6.45, 7) is 0. The lowest BCUT2D eigenvalue weighted by molar-refractivity contribution is -0.122. The van der Waals surface area contributed by atoms with Crippen molar-refractivity contribution in [3.63, 3.8) is 0 Å². The summed E-state index contributed by atoms with van der Waals surface area (Å²) in [4.78, 5) is 11.0. The largest absolute Gasteiger partial charge is 0.300 e. The van der Waals surface area contributed by atoms with E-state index < -0.39 is 0 Å². The molecule has 1 aliphatic heterocycles. The summed E-state index contributed by atoms with van der Waals surface area (Å²) in [5.41, 5.74) is 0. The molecule has 10 heavy (non-hydrogen) atoms. The third-order valence-corrected chi connectivity index (χ3v) is 3.94. The maximum Gasteiger partial charge on any atom is 0.133 e. The maximum atomic E-state index is 11.0. The molecule has 2 aliphatic rings. The van der Waals surface area contributed by atoms with Gasteiger partial charge in [-0.15, -0.1) is 0 Å². The fourth-order valence-electron chi connectivity index (χ4n) is 1.93. The normalized spacial score (nSPS) is 39.8. The van der Waals surface area contributed by atoms with Crippen LogP contribution in [0, 0.1) is 11.8 Å². The minimum Gasteiger partial charge on any atom is -0.300 e. The molecule has 0 N–H and O–H groups in total. The first kappa shape index (κ1) is 6.71. The van der Waals surface area contributed by atoms with E-state index in [4.69, 9.17) is 0 Å².